The van der Waals surface area contributed by atoms with Crippen molar-refractivity contribution in [3.05, 3.63) is 40.8 Å². The maximum absolute atomic E-state index is 11.8. The Bertz CT molecular complexity index is 624. The highest BCUT2D eigenvalue weighted by molar-refractivity contribution is 8.00. The molecule has 1 aromatic heterocycles. The maximum atomic E-state index is 11.8. The second-order valence-corrected chi connectivity index (χ2v) is 8.09. The van der Waals surface area contributed by atoms with Gasteiger partial charge in [0.05, 0.1) is 11.3 Å². The number of thioether (sulfide) groups is 1. The lowest BCUT2D eigenvalue weighted by atomic mass is 10.3. The highest BCUT2D eigenvalue weighted by atomic mass is 32.2. The molecule has 1 aromatic carbocycles. The van der Waals surface area contributed by atoms with Gasteiger partial charge in [0.2, 0.25) is 10.0 Å². The lowest BCUT2D eigenvalue weighted by Crippen LogP contribution is -2.26. The molecule has 2 rings (SSSR count). The van der Waals surface area contributed by atoms with Gasteiger partial charge < -0.3 is 5.73 Å². The third-order valence-corrected chi connectivity index (χ3v) is 5.83. The summed E-state index contributed by atoms with van der Waals surface area (Å²) >= 11 is 2.93. The van der Waals surface area contributed by atoms with Crippen LogP contribution in [-0.2, 0) is 16.6 Å². The summed E-state index contributed by atoms with van der Waals surface area (Å²) in [5.41, 5.74) is 7.97. The van der Waals surface area contributed by atoms with Crippen molar-refractivity contribution in [3.8, 4) is 0 Å². The molecule has 0 unspecified atom stereocenters. The van der Waals surface area contributed by atoms with E-state index in [9.17, 15) is 8.42 Å². The molecule has 8 heteroatoms. The van der Waals surface area contributed by atoms with Crippen molar-refractivity contribution in [1.29, 1.82) is 0 Å². The molecule has 5 nitrogen and oxygen atoms in total. The SMILES string of the molecule is Nc1ccc(SCCS(=O)(=O)NCc2cncs2)cc1. The average Bonchev–Trinajstić information content (AvgIpc) is 2.92. The molecule has 0 aliphatic carbocycles. The van der Waals surface area contributed by atoms with Gasteiger partial charge in [0.15, 0.2) is 0 Å². The number of nitrogens with two attached hydrogens (primary N) is 1. The number of hydrogen-bond acceptors (Lipinski definition) is 6. The summed E-state index contributed by atoms with van der Waals surface area (Å²) in [6, 6.07) is 7.38. The molecule has 1 heterocycles. The van der Waals surface area contributed by atoms with Gasteiger partial charge in [-0.25, -0.2) is 13.1 Å². The van der Waals surface area contributed by atoms with Gasteiger partial charge in [0.1, 0.15) is 0 Å². The normalized spacial score (nSPS) is 11.6. The number of thiazole rings is 1. The highest BCUT2D eigenvalue weighted by Gasteiger charge is 2.10. The van der Waals surface area contributed by atoms with E-state index in [2.05, 4.69) is 9.71 Å². The van der Waals surface area contributed by atoms with Crippen LogP contribution in [0.25, 0.3) is 0 Å². The first kappa shape index (κ1) is 15.3. The molecule has 0 spiro atoms. The van der Waals surface area contributed by atoms with Crippen LogP contribution in [-0.4, -0.2) is 24.9 Å². The van der Waals surface area contributed by atoms with E-state index in [1.54, 1.807) is 23.8 Å². The van der Waals surface area contributed by atoms with E-state index in [4.69, 9.17) is 5.73 Å². The fraction of sp³-hybridized carbons (Fsp3) is 0.250. The fourth-order valence-corrected chi connectivity index (χ4v) is 4.34. The molecule has 0 fully saturated rings. The second-order valence-electron chi connectivity index (χ2n) is 4.03. The zero-order chi connectivity index (χ0) is 14.4. The number of aromatic nitrogens is 1. The van der Waals surface area contributed by atoms with E-state index in [0.29, 0.717) is 18.0 Å². The number of hydrogen-bond donors (Lipinski definition) is 2. The number of nitrogen functional groups attached to an aromatic ring is 1. The predicted octanol–water partition coefficient (Wildman–Crippen LogP) is 1.94. The minimum Gasteiger partial charge on any atom is -0.399 e. The van der Waals surface area contributed by atoms with Gasteiger partial charge in [-0.2, -0.15) is 0 Å². The number of anilines is 1. The van der Waals surface area contributed by atoms with Crippen molar-refractivity contribution in [1.82, 2.24) is 9.71 Å². The number of nitrogens with one attached hydrogen (secondary N) is 1. The van der Waals surface area contributed by atoms with Crippen molar-refractivity contribution in [3.63, 3.8) is 0 Å². The third-order valence-electron chi connectivity index (χ3n) is 2.45. The summed E-state index contributed by atoms with van der Waals surface area (Å²) in [6.07, 6.45) is 1.66. The Labute approximate surface area is 126 Å². The molecule has 20 heavy (non-hydrogen) atoms. The maximum Gasteiger partial charge on any atom is 0.212 e. The first-order chi connectivity index (χ1) is 9.55. The summed E-state index contributed by atoms with van der Waals surface area (Å²) in [6.45, 7) is 0.305. The largest absolute Gasteiger partial charge is 0.399 e. The summed E-state index contributed by atoms with van der Waals surface area (Å²) in [5, 5.41) is 0. The van der Waals surface area contributed by atoms with Gasteiger partial charge in [0.25, 0.3) is 0 Å². The molecule has 0 radical (unpaired) electrons. The van der Waals surface area contributed by atoms with Gasteiger partial charge >= 0.3 is 0 Å². The van der Waals surface area contributed by atoms with Crippen LogP contribution in [0, 0.1) is 0 Å². The van der Waals surface area contributed by atoms with Gasteiger partial charge in [-0.3, -0.25) is 4.98 Å². The van der Waals surface area contributed by atoms with Crippen molar-refractivity contribution in [2.75, 3.05) is 17.2 Å². The molecular formula is C12H15N3O2S3. The van der Waals surface area contributed by atoms with Crippen LogP contribution in [0.2, 0.25) is 0 Å². The molecule has 0 bridgehead atoms. The standard InChI is InChI=1S/C12H15N3O2S3/c13-10-1-3-11(4-2-10)18-5-6-20(16,17)15-8-12-7-14-9-19-12/h1-4,7,9,15H,5-6,8,13H2. The second kappa shape index (κ2) is 7.07. The van der Waals surface area contributed by atoms with E-state index >= 15 is 0 Å². The number of nitrogens with zero attached hydrogens (tertiary/aromatic N) is 1. The van der Waals surface area contributed by atoms with Crippen molar-refractivity contribution in [2.45, 2.75) is 11.4 Å². The molecule has 2 aromatic rings. The van der Waals surface area contributed by atoms with E-state index in [0.717, 1.165) is 9.77 Å². The third kappa shape index (κ3) is 5.12. The molecule has 0 amide bonds. The topological polar surface area (TPSA) is 85.1 Å². The Balaban J connectivity index is 1.76. The van der Waals surface area contributed by atoms with Crippen molar-refractivity contribution >= 4 is 38.8 Å². The number of sulfonamides is 1. The van der Waals surface area contributed by atoms with Crippen molar-refractivity contribution in [2.24, 2.45) is 0 Å². The Morgan fingerprint density at radius 2 is 2.05 bits per heavy atom. The van der Waals surface area contributed by atoms with Crippen molar-refractivity contribution < 1.29 is 8.42 Å². The van der Waals surface area contributed by atoms with E-state index < -0.39 is 10.0 Å². The van der Waals surface area contributed by atoms with Gasteiger partial charge in [-0.15, -0.1) is 23.1 Å². The van der Waals surface area contributed by atoms with Crippen LogP contribution in [0.5, 0.6) is 0 Å². The smallest absolute Gasteiger partial charge is 0.212 e. The molecule has 0 aliphatic heterocycles. The fourth-order valence-electron chi connectivity index (χ4n) is 1.42. The molecule has 108 valence electrons. The molecular weight excluding hydrogens is 314 g/mol. The van der Waals surface area contributed by atoms with E-state index in [1.807, 2.05) is 12.1 Å². The van der Waals surface area contributed by atoms with Crippen LogP contribution in [0.1, 0.15) is 4.88 Å². The van der Waals surface area contributed by atoms with E-state index in [-0.39, 0.29) is 5.75 Å². The predicted molar refractivity (Wildman–Crippen MR) is 84.3 cm³/mol. The number of rotatable bonds is 7. The Hall–Kier alpha value is -1.09. The zero-order valence-electron chi connectivity index (χ0n) is 10.7. The Morgan fingerprint density at radius 3 is 2.70 bits per heavy atom. The van der Waals surface area contributed by atoms with E-state index in [1.165, 1.54) is 23.1 Å². The first-order valence-electron chi connectivity index (χ1n) is 5.88. The average molecular weight is 329 g/mol. The van der Waals surface area contributed by atoms with Crippen LogP contribution >= 0.6 is 23.1 Å². The Morgan fingerprint density at radius 1 is 1.30 bits per heavy atom. The Kier molecular flexibility index (Phi) is 5.41. The first-order valence-corrected chi connectivity index (χ1v) is 9.40. The van der Waals surface area contributed by atoms with Gasteiger partial charge in [-0.05, 0) is 24.3 Å². The van der Waals surface area contributed by atoms with Crippen LogP contribution in [0.3, 0.4) is 0 Å². The van der Waals surface area contributed by atoms with Gasteiger partial charge in [-0.1, -0.05) is 0 Å². The number of benzene rings is 1. The lowest BCUT2D eigenvalue weighted by Gasteiger charge is -2.05. The molecule has 3 N–H and O–H groups in total. The summed E-state index contributed by atoms with van der Waals surface area (Å²) in [7, 11) is -3.25. The zero-order valence-corrected chi connectivity index (χ0v) is 13.1. The molecule has 0 aliphatic rings. The summed E-state index contributed by atoms with van der Waals surface area (Å²) in [5.74, 6) is 0.586. The minimum atomic E-state index is -3.25. The van der Waals surface area contributed by atoms with Crippen LogP contribution in [0.15, 0.2) is 40.9 Å². The monoisotopic (exact) mass is 329 g/mol. The minimum absolute atomic E-state index is 0.0842. The summed E-state index contributed by atoms with van der Waals surface area (Å²) in [4.78, 5) is 5.81. The quantitative estimate of drug-likeness (QED) is 0.599. The molecule has 0 saturated heterocycles. The summed E-state index contributed by atoms with van der Waals surface area (Å²) < 4.78 is 26.2. The van der Waals surface area contributed by atoms with Gasteiger partial charge in [0, 0.05) is 34.0 Å². The molecule has 0 atom stereocenters. The molecule has 0 saturated carbocycles. The van der Waals surface area contributed by atoms with Crippen LogP contribution in [0.4, 0.5) is 5.69 Å². The lowest BCUT2D eigenvalue weighted by molar-refractivity contribution is 0.583. The van der Waals surface area contributed by atoms with Crippen LogP contribution < -0.4 is 10.5 Å². The highest BCUT2D eigenvalue weighted by Crippen LogP contribution is 2.19.